The number of ketones is 1. The third kappa shape index (κ3) is 4.69. The van der Waals surface area contributed by atoms with E-state index in [-0.39, 0.29) is 5.92 Å². The topological polar surface area (TPSA) is 17.1 Å². The summed E-state index contributed by atoms with van der Waals surface area (Å²) in [5.74, 6) is 1.46. The molecule has 1 aromatic rings. The van der Waals surface area contributed by atoms with Crippen LogP contribution >= 0.6 is 0 Å². The first kappa shape index (κ1) is 17.9. The maximum Gasteiger partial charge on any atom is 0.166 e. The molecule has 0 fully saturated rings. The van der Waals surface area contributed by atoms with Crippen LogP contribution in [0.4, 0.5) is 0 Å². The van der Waals surface area contributed by atoms with Crippen LogP contribution in [0.25, 0.3) is 0 Å². The molecule has 0 unspecified atom stereocenters. The first-order valence-corrected chi connectivity index (χ1v) is 8.60. The molecule has 1 nitrogen and oxygen atoms in total. The lowest BCUT2D eigenvalue weighted by Gasteiger charge is -2.20. The first-order chi connectivity index (χ1) is 9.92. The zero-order chi connectivity index (χ0) is 16.0. The first-order valence-electron chi connectivity index (χ1n) is 8.60. The largest absolute Gasteiger partial charge is 0.294 e. The molecule has 0 saturated heterocycles. The molecular weight excluding hydrogens is 256 g/mol. The summed E-state index contributed by atoms with van der Waals surface area (Å²) in [7, 11) is 0. The highest BCUT2D eigenvalue weighted by Crippen LogP contribution is 2.28. The van der Waals surface area contributed by atoms with Gasteiger partial charge in [0.15, 0.2) is 5.78 Å². The van der Waals surface area contributed by atoms with Crippen LogP contribution in [0.2, 0.25) is 0 Å². The van der Waals surface area contributed by atoms with Gasteiger partial charge in [0.1, 0.15) is 0 Å². The summed E-state index contributed by atoms with van der Waals surface area (Å²) in [6.45, 7) is 13.1. The van der Waals surface area contributed by atoms with Gasteiger partial charge >= 0.3 is 0 Å². The van der Waals surface area contributed by atoms with Crippen molar-refractivity contribution in [2.45, 2.75) is 79.1 Å². The van der Waals surface area contributed by atoms with Gasteiger partial charge in [-0.05, 0) is 35.8 Å². The molecule has 0 aliphatic carbocycles. The highest BCUT2D eigenvalue weighted by Gasteiger charge is 2.22. The van der Waals surface area contributed by atoms with Gasteiger partial charge in [-0.15, -0.1) is 0 Å². The SMILES string of the molecule is CCCC(CCC)C(=O)c1ccc(C(C)C)cc1C(C)C. The molecule has 0 radical (unpaired) electrons. The van der Waals surface area contributed by atoms with Crippen LogP contribution in [0.3, 0.4) is 0 Å². The second-order valence-corrected chi connectivity index (χ2v) is 6.79. The zero-order valence-corrected chi connectivity index (χ0v) is 14.7. The number of Topliss-reactive ketones (excluding diaryl/α,β-unsaturated/α-hetero) is 1. The second kappa shape index (κ2) is 8.36. The molecule has 1 rings (SSSR count). The van der Waals surface area contributed by atoms with Crippen LogP contribution in [0.15, 0.2) is 18.2 Å². The second-order valence-electron chi connectivity index (χ2n) is 6.79. The third-order valence-electron chi connectivity index (χ3n) is 4.27. The van der Waals surface area contributed by atoms with E-state index in [0.717, 1.165) is 31.2 Å². The van der Waals surface area contributed by atoms with Crippen molar-refractivity contribution >= 4 is 5.78 Å². The summed E-state index contributed by atoms with van der Waals surface area (Å²) < 4.78 is 0. The molecule has 0 aliphatic heterocycles. The van der Waals surface area contributed by atoms with Crippen molar-refractivity contribution in [3.8, 4) is 0 Å². The molecule has 0 aliphatic rings. The van der Waals surface area contributed by atoms with Crippen LogP contribution in [0, 0.1) is 5.92 Å². The molecule has 0 atom stereocenters. The maximum absolute atomic E-state index is 12.9. The smallest absolute Gasteiger partial charge is 0.166 e. The molecule has 118 valence electrons. The van der Waals surface area contributed by atoms with E-state index < -0.39 is 0 Å². The van der Waals surface area contributed by atoms with Crippen LogP contribution in [0.1, 0.15) is 101 Å². The lowest BCUT2D eigenvalue weighted by molar-refractivity contribution is 0.0903. The Bertz CT molecular complexity index is 451. The summed E-state index contributed by atoms with van der Waals surface area (Å²) in [5.41, 5.74) is 3.52. The predicted molar refractivity (Wildman–Crippen MR) is 92.3 cm³/mol. The predicted octanol–water partition coefficient (Wildman–Crippen LogP) is 6.33. The average molecular weight is 288 g/mol. The summed E-state index contributed by atoms with van der Waals surface area (Å²) in [6.07, 6.45) is 4.18. The van der Waals surface area contributed by atoms with Crippen LogP contribution in [-0.2, 0) is 0 Å². The Morgan fingerprint density at radius 2 is 1.52 bits per heavy atom. The lowest BCUT2D eigenvalue weighted by Crippen LogP contribution is -2.17. The maximum atomic E-state index is 12.9. The minimum absolute atomic E-state index is 0.197. The van der Waals surface area contributed by atoms with Gasteiger partial charge in [-0.1, -0.05) is 72.6 Å². The van der Waals surface area contributed by atoms with Crippen molar-refractivity contribution < 1.29 is 4.79 Å². The van der Waals surface area contributed by atoms with Gasteiger partial charge in [0.2, 0.25) is 0 Å². The Kier molecular flexibility index (Phi) is 7.14. The summed E-state index contributed by atoms with van der Waals surface area (Å²) >= 11 is 0. The summed E-state index contributed by atoms with van der Waals surface area (Å²) in [6, 6.07) is 6.46. The number of benzene rings is 1. The van der Waals surface area contributed by atoms with Gasteiger partial charge in [0.25, 0.3) is 0 Å². The number of rotatable bonds is 8. The molecule has 21 heavy (non-hydrogen) atoms. The van der Waals surface area contributed by atoms with E-state index in [1.54, 1.807) is 0 Å². The fraction of sp³-hybridized carbons (Fsp3) is 0.650. The van der Waals surface area contributed by atoms with Gasteiger partial charge in [-0.3, -0.25) is 4.79 Å². The average Bonchev–Trinajstić information content (AvgIpc) is 2.45. The Morgan fingerprint density at radius 3 is 1.95 bits per heavy atom. The van der Waals surface area contributed by atoms with Crippen molar-refractivity contribution in [1.29, 1.82) is 0 Å². The van der Waals surface area contributed by atoms with Gasteiger partial charge in [-0.25, -0.2) is 0 Å². The van der Waals surface area contributed by atoms with E-state index in [0.29, 0.717) is 17.6 Å². The van der Waals surface area contributed by atoms with E-state index >= 15 is 0 Å². The molecule has 0 saturated carbocycles. The van der Waals surface area contributed by atoms with Crippen LogP contribution in [-0.4, -0.2) is 5.78 Å². The summed E-state index contributed by atoms with van der Waals surface area (Å²) in [4.78, 5) is 12.9. The molecule has 1 heteroatoms. The van der Waals surface area contributed by atoms with Gasteiger partial charge < -0.3 is 0 Å². The number of hydrogen-bond donors (Lipinski definition) is 0. The number of carbonyl (C=O) groups excluding carboxylic acids is 1. The van der Waals surface area contributed by atoms with Crippen molar-refractivity contribution in [2.75, 3.05) is 0 Å². The molecule has 0 spiro atoms. The van der Waals surface area contributed by atoms with E-state index in [9.17, 15) is 4.79 Å². The van der Waals surface area contributed by atoms with E-state index in [2.05, 4.69) is 59.7 Å². The quantitative estimate of drug-likeness (QED) is 0.511. The summed E-state index contributed by atoms with van der Waals surface area (Å²) in [5, 5.41) is 0. The van der Waals surface area contributed by atoms with Gasteiger partial charge in [0, 0.05) is 11.5 Å². The van der Waals surface area contributed by atoms with Crippen molar-refractivity contribution in [2.24, 2.45) is 5.92 Å². The number of hydrogen-bond acceptors (Lipinski definition) is 1. The highest BCUT2D eigenvalue weighted by atomic mass is 16.1. The van der Waals surface area contributed by atoms with E-state index in [1.165, 1.54) is 11.1 Å². The van der Waals surface area contributed by atoms with Gasteiger partial charge in [-0.2, -0.15) is 0 Å². The normalized spacial score (nSPS) is 11.7. The molecular formula is C20H32O. The minimum Gasteiger partial charge on any atom is -0.294 e. The zero-order valence-electron chi connectivity index (χ0n) is 14.7. The van der Waals surface area contributed by atoms with Crippen LogP contribution in [0.5, 0.6) is 0 Å². The Labute approximate surface area is 131 Å². The fourth-order valence-electron chi connectivity index (χ4n) is 2.97. The minimum atomic E-state index is 0.197. The van der Waals surface area contributed by atoms with Gasteiger partial charge in [0.05, 0.1) is 0 Å². The molecule has 0 heterocycles. The Morgan fingerprint density at radius 1 is 0.952 bits per heavy atom. The van der Waals surface area contributed by atoms with Crippen molar-refractivity contribution in [1.82, 2.24) is 0 Å². The Balaban J connectivity index is 3.18. The Hall–Kier alpha value is -1.11. The molecule has 0 aromatic heterocycles. The third-order valence-corrected chi connectivity index (χ3v) is 4.27. The highest BCUT2D eigenvalue weighted by molar-refractivity contribution is 5.99. The van der Waals surface area contributed by atoms with Crippen LogP contribution < -0.4 is 0 Å². The fourth-order valence-corrected chi connectivity index (χ4v) is 2.97. The molecule has 1 aromatic carbocycles. The van der Waals surface area contributed by atoms with E-state index in [1.807, 2.05) is 0 Å². The van der Waals surface area contributed by atoms with E-state index in [4.69, 9.17) is 0 Å². The van der Waals surface area contributed by atoms with Crippen molar-refractivity contribution in [3.63, 3.8) is 0 Å². The number of carbonyl (C=O) groups is 1. The molecule has 0 amide bonds. The standard InChI is InChI=1S/C20H32O/c1-7-9-16(10-8-2)20(21)18-12-11-17(14(3)4)13-19(18)15(5)6/h11-16H,7-10H2,1-6H3. The monoisotopic (exact) mass is 288 g/mol. The van der Waals surface area contributed by atoms with Crippen molar-refractivity contribution in [3.05, 3.63) is 34.9 Å². The lowest BCUT2D eigenvalue weighted by atomic mass is 9.84. The molecule has 0 bridgehead atoms. The molecule has 0 N–H and O–H groups in total.